The molecule has 0 aliphatic carbocycles. The number of β-amino-alcohol motifs (C(OH)–C–C–N with tert-alkyl or cyclic N) is 1. The van der Waals surface area contributed by atoms with Crippen LogP contribution in [0.3, 0.4) is 0 Å². The van der Waals surface area contributed by atoms with Crippen molar-refractivity contribution >= 4 is 11.9 Å². The highest BCUT2D eigenvalue weighted by atomic mass is 16.3. The number of rotatable bonds is 2. The molecule has 0 bridgehead atoms. The van der Waals surface area contributed by atoms with Crippen LogP contribution in [-0.2, 0) is 4.79 Å². The average Bonchev–Trinajstić information content (AvgIpc) is 2.10. The third-order valence-electron chi connectivity index (χ3n) is 3.04. The van der Waals surface area contributed by atoms with Gasteiger partial charge in [-0.1, -0.05) is 0 Å². The van der Waals surface area contributed by atoms with E-state index in [9.17, 15) is 14.7 Å². The lowest BCUT2D eigenvalue weighted by molar-refractivity contribution is -0.134. The van der Waals surface area contributed by atoms with E-state index >= 15 is 0 Å². The van der Waals surface area contributed by atoms with Crippen molar-refractivity contribution in [1.82, 2.24) is 10.2 Å². The maximum Gasteiger partial charge on any atom is 0.324 e. The number of carbonyl (C=O) groups is 2. The molecule has 2 unspecified atom stereocenters. The Bertz CT molecular complexity index is 286. The Hall–Kier alpha value is -1.10. The number of urea groups is 1. The maximum absolute atomic E-state index is 11.5. The molecule has 0 saturated carbocycles. The molecule has 2 atom stereocenters. The summed E-state index contributed by atoms with van der Waals surface area (Å²) in [6, 6.07) is -0.638. The summed E-state index contributed by atoms with van der Waals surface area (Å²) in [4.78, 5) is 24.6. The van der Waals surface area contributed by atoms with Gasteiger partial charge in [-0.15, -0.1) is 0 Å². The van der Waals surface area contributed by atoms with Crippen LogP contribution >= 0.6 is 0 Å². The van der Waals surface area contributed by atoms with Gasteiger partial charge in [0.2, 0.25) is 5.91 Å². The van der Waals surface area contributed by atoms with E-state index < -0.39 is 17.6 Å². The molecule has 3 amide bonds. The van der Waals surface area contributed by atoms with Gasteiger partial charge in [0.1, 0.15) is 0 Å². The number of aliphatic hydroxyl groups is 1. The fraction of sp³-hybridized carbons (Fsp3) is 0.800. The van der Waals surface area contributed by atoms with Crippen LogP contribution in [0.5, 0.6) is 0 Å². The first-order valence-electron chi connectivity index (χ1n) is 5.07. The molecular weight excluding hydrogens is 196 g/mol. The number of aliphatic hydroxyl groups excluding tert-OH is 1. The Kier molecular flexibility index (Phi) is 3.04. The number of carbonyl (C=O) groups excluding carboxylic acids is 2. The number of hydrogen-bond donors (Lipinski definition) is 2. The average molecular weight is 214 g/mol. The van der Waals surface area contributed by atoms with Crippen LogP contribution < -0.4 is 5.32 Å². The fourth-order valence-electron chi connectivity index (χ4n) is 1.61. The Balaban J connectivity index is 2.88. The van der Waals surface area contributed by atoms with Crippen molar-refractivity contribution in [2.45, 2.75) is 39.8 Å². The summed E-state index contributed by atoms with van der Waals surface area (Å²) in [5, 5.41) is 11.6. The number of nitrogens with one attached hydrogen (secondary N) is 1. The molecule has 1 fully saturated rings. The number of amides is 3. The van der Waals surface area contributed by atoms with Crippen molar-refractivity contribution in [3.05, 3.63) is 0 Å². The fourth-order valence-corrected chi connectivity index (χ4v) is 1.61. The Morgan fingerprint density at radius 1 is 1.53 bits per heavy atom. The van der Waals surface area contributed by atoms with Crippen LogP contribution in [0.2, 0.25) is 0 Å². The lowest BCUT2D eigenvalue weighted by Crippen LogP contribution is -2.64. The van der Waals surface area contributed by atoms with Gasteiger partial charge in [-0.25, -0.2) is 4.79 Å². The summed E-state index contributed by atoms with van der Waals surface area (Å²) in [5.41, 5.74) is -0.622. The predicted molar refractivity (Wildman–Crippen MR) is 55.2 cm³/mol. The van der Waals surface area contributed by atoms with Crippen molar-refractivity contribution in [3.63, 3.8) is 0 Å². The number of nitrogens with zero attached hydrogens (tertiary/aromatic N) is 1. The molecule has 1 saturated heterocycles. The zero-order chi connectivity index (χ0) is 11.8. The summed E-state index contributed by atoms with van der Waals surface area (Å²) < 4.78 is 0. The predicted octanol–water partition coefficient (Wildman–Crippen LogP) is 0.334. The van der Waals surface area contributed by atoms with E-state index in [1.54, 1.807) is 20.8 Å². The normalized spacial score (nSPS) is 27.5. The van der Waals surface area contributed by atoms with Crippen molar-refractivity contribution in [1.29, 1.82) is 0 Å². The van der Waals surface area contributed by atoms with Crippen LogP contribution in [0.1, 0.15) is 27.7 Å². The lowest BCUT2D eigenvalue weighted by Gasteiger charge is -2.43. The van der Waals surface area contributed by atoms with Gasteiger partial charge in [0.05, 0.1) is 11.5 Å². The first kappa shape index (κ1) is 12.0. The van der Waals surface area contributed by atoms with Gasteiger partial charge >= 0.3 is 6.03 Å². The van der Waals surface area contributed by atoms with Crippen LogP contribution in [0.4, 0.5) is 4.79 Å². The molecule has 0 spiro atoms. The lowest BCUT2D eigenvalue weighted by atomic mass is 9.82. The van der Waals surface area contributed by atoms with Crippen LogP contribution in [0.25, 0.3) is 0 Å². The van der Waals surface area contributed by atoms with Crippen LogP contribution in [-0.4, -0.2) is 40.6 Å². The van der Waals surface area contributed by atoms with Crippen LogP contribution in [0.15, 0.2) is 0 Å². The van der Waals surface area contributed by atoms with Crippen molar-refractivity contribution in [2.75, 3.05) is 6.54 Å². The monoisotopic (exact) mass is 214 g/mol. The Morgan fingerprint density at radius 3 is 2.53 bits per heavy atom. The van der Waals surface area contributed by atoms with Gasteiger partial charge in [0.25, 0.3) is 0 Å². The summed E-state index contributed by atoms with van der Waals surface area (Å²) in [7, 11) is 0. The topological polar surface area (TPSA) is 69.6 Å². The number of hydrogen-bond acceptors (Lipinski definition) is 3. The van der Waals surface area contributed by atoms with E-state index in [-0.39, 0.29) is 18.5 Å². The molecule has 15 heavy (non-hydrogen) atoms. The standard InChI is InChI=1S/C10H18N2O3/c1-6(13)5-12-7(2)10(3,4)8(14)11-9(12)15/h6-7,13H,5H2,1-4H3,(H,11,14,15). The smallest absolute Gasteiger partial charge is 0.324 e. The van der Waals surface area contributed by atoms with E-state index in [1.165, 1.54) is 4.90 Å². The molecule has 1 rings (SSSR count). The van der Waals surface area contributed by atoms with Gasteiger partial charge in [-0.3, -0.25) is 10.1 Å². The molecule has 1 heterocycles. The molecule has 2 N–H and O–H groups in total. The maximum atomic E-state index is 11.5. The molecule has 5 nitrogen and oxygen atoms in total. The third kappa shape index (κ3) is 2.12. The minimum atomic E-state index is -0.622. The zero-order valence-electron chi connectivity index (χ0n) is 9.57. The molecule has 0 aromatic heterocycles. The number of imide groups is 1. The molecular formula is C10H18N2O3. The van der Waals surface area contributed by atoms with Gasteiger partial charge in [-0.05, 0) is 27.7 Å². The summed E-state index contributed by atoms with van der Waals surface area (Å²) >= 11 is 0. The van der Waals surface area contributed by atoms with E-state index in [1.807, 2.05) is 6.92 Å². The molecule has 1 aliphatic heterocycles. The zero-order valence-corrected chi connectivity index (χ0v) is 9.57. The third-order valence-corrected chi connectivity index (χ3v) is 3.04. The second kappa shape index (κ2) is 3.81. The highest BCUT2D eigenvalue weighted by Gasteiger charge is 2.44. The Labute approximate surface area is 89.4 Å². The highest BCUT2D eigenvalue weighted by molar-refractivity contribution is 6.00. The van der Waals surface area contributed by atoms with Crippen LogP contribution in [0, 0.1) is 5.41 Å². The second-order valence-corrected chi connectivity index (χ2v) is 4.66. The first-order chi connectivity index (χ1) is 6.76. The minimum absolute atomic E-state index is 0.214. The molecule has 0 radical (unpaired) electrons. The van der Waals surface area contributed by atoms with E-state index in [0.29, 0.717) is 0 Å². The molecule has 1 aliphatic rings. The Morgan fingerprint density at radius 2 is 2.07 bits per heavy atom. The highest BCUT2D eigenvalue weighted by Crippen LogP contribution is 2.28. The quantitative estimate of drug-likeness (QED) is 0.696. The van der Waals surface area contributed by atoms with Gasteiger partial charge in [-0.2, -0.15) is 0 Å². The van der Waals surface area contributed by atoms with Gasteiger partial charge in [0.15, 0.2) is 0 Å². The van der Waals surface area contributed by atoms with Crippen molar-refractivity contribution < 1.29 is 14.7 Å². The SMILES string of the molecule is CC(O)CN1C(=O)NC(=O)C(C)(C)C1C. The summed E-state index contributed by atoms with van der Waals surface area (Å²) in [6.45, 7) is 7.25. The van der Waals surface area contributed by atoms with Crippen molar-refractivity contribution in [2.24, 2.45) is 5.41 Å². The molecule has 0 aromatic carbocycles. The molecule has 5 heteroatoms. The van der Waals surface area contributed by atoms with E-state index in [2.05, 4.69) is 5.32 Å². The summed E-state index contributed by atoms with van der Waals surface area (Å²) in [5.74, 6) is -0.262. The largest absolute Gasteiger partial charge is 0.392 e. The first-order valence-corrected chi connectivity index (χ1v) is 5.07. The van der Waals surface area contributed by atoms with Gasteiger partial charge < -0.3 is 10.0 Å². The van der Waals surface area contributed by atoms with E-state index in [0.717, 1.165) is 0 Å². The minimum Gasteiger partial charge on any atom is -0.392 e. The second-order valence-electron chi connectivity index (χ2n) is 4.66. The van der Waals surface area contributed by atoms with Crippen molar-refractivity contribution in [3.8, 4) is 0 Å². The summed E-state index contributed by atoms with van der Waals surface area (Å²) in [6.07, 6.45) is -0.595. The van der Waals surface area contributed by atoms with E-state index in [4.69, 9.17) is 0 Å². The van der Waals surface area contributed by atoms with Gasteiger partial charge in [0, 0.05) is 12.6 Å². The molecule has 86 valence electrons. The molecule has 0 aromatic rings.